The Labute approximate surface area is 120 Å². The molecular weight excluding hydrogens is 250 g/mol. The van der Waals surface area contributed by atoms with Crippen LogP contribution in [0.25, 0.3) is 10.9 Å². The molecule has 1 aromatic heterocycles. The van der Waals surface area contributed by atoms with E-state index >= 15 is 0 Å². The smallest absolute Gasteiger partial charge is 0.121 e. The summed E-state index contributed by atoms with van der Waals surface area (Å²) in [6.45, 7) is 4.71. The quantitative estimate of drug-likeness (QED) is 0.787. The molecule has 0 aliphatic heterocycles. The zero-order valence-corrected chi connectivity index (χ0v) is 12.5. The minimum atomic E-state index is 0.675. The molecule has 1 aromatic carbocycles. The van der Waals surface area contributed by atoms with Crippen LogP contribution in [0.5, 0.6) is 5.75 Å². The first-order valence-corrected chi connectivity index (χ1v) is 7.11. The van der Waals surface area contributed by atoms with Crippen LogP contribution in [-0.4, -0.2) is 43.7 Å². The van der Waals surface area contributed by atoms with Crippen molar-refractivity contribution in [2.75, 3.05) is 39.1 Å². The van der Waals surface area contributed by atoms with E-state index in [9.17, 15) is 0 Å². The third-order valence-corrected chi connectivity index (χ3v) is 3.12. The third kappa shape index (κ3) is 3.84. The van der Waals surface area contributed by atoms with Gasteiger partial charge in [0.25, 0.3) is 0 Å². The molecule has 2 rings (SSSR count). The summed E-state index contributed by atoms with van der Waals surface area (Å²) in [5.74, 6) is 0.872. The predicted molar refractivity (Wildman–Crippen MR) is 84.6 cm³/mol. The van der Waals surface area contributed by atoms with Crippen LogP contribution in [0.3, 0.4) is 0 Å². The maximum Gasteiger partial charge on any atom is 0.121 e. The average molecular weight is 273 g/mol. The fraction of sp³-hybridized carbons (Fsp3) is 0.438. The maximum absolute atomic E-state index is 5.51. The van der Waals surface area contributed by atoms with Gasteiger partial charge in [0.1, 0.15) is 5.75 Å². The molecule has 0 radical (unpaired) electrons. The van der Waals surface area contributed by atoms with Crippen LogP contribution in [-0.2, 0) is 0 Å². The van der Waals surface area contributed by atoms with Crippen molar-refractivity contribution in [2.45, 2.75) is 13.3 Å². The van der Waals surface area contributed by atoms with Crippen molar-refractivity contribution >= 4 is 16.6 Å². The maximum atomic E-state index is 5.51. The number of aromatic nitrogens is 1. The summed E-state index contributed by atoms with van der Waals surface area (Å²) < 4.78 is 5.51. The van der Waals surface area contributed by atoms with Gasteiger partial charge < -0.3 is 15.0 Å². The SMILES string of the molecule is CCOc1ccc2c(NCCCN(C)C)ccnc2c1. The molecule has 0 saturated carbocycles. The monoisotopic (exact) mass is 273 g/mol. The number of hydrogen-bond acceptors (Lipinski definition) is 4. The van der Waals surface area contributed by atoms with Crippen LogP contribution in [0, 0.1) is 0 Å². The van der Waals surface area contributed by atoms with Crippen LogP contribution < -0.4 is 10.1 Å². The van der Waals surface area contributed by atoms with Gasteiger partial charge in [0.2, 0.25) is 0 Å². The van der Waals surface area contributed by atoms with Crippen molar-refractivity contribution in [3.8, 4) is 5.75 Å². The number of ether oxygens (including phenoxy) is 1. The Morgan fingerprint density at radius 2 is 2.10 bits per heavy atom. The molecule has 1 heterocycles. The molecule has 2 aromatic rings. The van der Waals surface area contributed by atoms with E-state index in [1.807, 2.05) is 31.3 Å². The lowest BCUT2D eigenvalue weighted by atomic mass is 10.1. The number of anilines is 1. The molecule has 20 heavy (non-hydrogen) atoms. The van der Waals surface area contributed by atoms with E-state index in [2.05, 4.69) is 35.4 Å². The summed E-state index contributed by atoms with van der Waals surface area (Å²) in [6, 6.07) is 8.09. The third-order valence-electron chi connectivity index (χ3n) is 3.12. The zero-order valence-electron chi connectivity index (χ0n) is 12.5. The van der Waals surface area contributed by atoms with Crippen LogP contribution in [0.1, 0.15) is 13.3 Å². The summed E-state index contributed by atoms with van der Waals surface area (Å²) in [5.41, 5.74) is 2.10. The molecule has 1 N–H and O–H groups in total. The summed E-state index contributed by atoms with van der Waals surface area (Å²) in [6.07, 6.45) is 2.96. The summed E-state index contributed by atoms with van der Waals surface area (Å²) in [5, 5.41) is 4.63. The van der Waals surface area contributed by atoms with E-state index in [-0.39, 0.29) is 0 Å². The molecule has 0 bridgehead atoms. The normalized spacial score (nSPS) is 11.0. The Bertz CT molecular complexity index is 554. The second-order valence-electron chi connectivity index (χ2n) is 5.05. The van der Waals surface area contributed by atoms with Gasteiger partial charge in [-0.25, -0.2) is 0 Å². The van der Waals surface area contributed by atoms with E-state index in [4.69, 9.17) is 4.74 Å². The average Bonchev–Trinajstić information content (AvgIpc) is 2.43. The van der Waals surface area contributed by atoms with E-state index < -0.39 is 0 Å². The fourth-order valence-electron chi connectivity index (χ4n) is 2.16. The van der Waals surface area contributed by atoms with Gasteiger partial charge in [-0.2, -0.15) is 0 Å². The standard InChI is InChI=1S/C16H23N3O/c1-4-20-13-6-7-14-15(8-10-18-16(14)12-13)17-9-5-11-19(2)3/h6-8,10,12H,4-5,9,11H2,1-3H3,(H,17,18). The van der Waals surface area contributed by atoms with Crippen molar-refractivity contribution in [1.82, 2.24) is 9.88 Å². The summed E-state index contributed by atoms with van der Waals surface area (Å²) in [7, 11) is 4.19. The minimum absolute atomic E-state index is 0.675. The Balaban J connectivity index is 2.09. The molecule has 4 nitrogen and oxygen atoms in total. The number of rotatable bonds is 7. The Morgan fingerprint density at radius 1 is 1.25 bits per heavy atom. The van der Waals surface area contributed by atoms with Crippen molar-refractivity contribution in [3.05, 3.63) is 30.5 Å². The fourth-order valence-corrected chi connectivity index (χ4v) is 2.16. The number of pyridine rings is 1. The first-order chi connectivity index (χ1) is 9.70. The van der Waals surface area contributed by atoms with Crippen LogP contribution >= 0.6 is 0 Å². The molecular formula is C16H23N3O. The van der Waals surface area contributed by atoms with E-state index in [1.54, 1.807) is 0 Å². The van der Waals surface area contributed by atoms with Gasteiger partial charge in [0, 0.05) is 29.9 Å². The highest BCUT2D eigenvalue weighted by Gasteiger charge is 2.03. The van der Waals surface area contributed by atoms with E-state index in [0.29, 0.717) is 6.61 Å². The second-order valence-corrected chi connectivity index (χ2v) is 5.05. The number of nitrogens with one attached hydrogen (secondary N) is 1. The molecule has 0 amide bonds. The van der Waals surface area contributed by atoms with Crippen LogP contribution in [0.2, 0.25) is 0 Å². The van der Waals surface area contributed by atoms with Crippen LogP contribution in [0.15, 0.2) is 30.5 Å². The molecule has 0 aliphatic rings. The summed E-state index contributed by atoms with van der Waals surface area (Å²) in [4.78, 5) is 6.61. The van der Waals surface area contributed by atoms with Gasteiger partial charge in [-0.05, 0) is 52.2 Å². The van der Waals surface area contributed by atoms with Gasteiger partial charge in [-0.1, -0.05) is 0 Å². The molecule has 0 saturated heterocycles. The van der Waals surface area contributed by atoms with E-state index in [0.717, 1.165) is 41.9 Å². The first-order valence-electron chi connectivity index (χ1n) is 7.11. The largest absolute Gasteiger partial charge is 0.494 e. The molecule has 4 heteroatoms. The summed E-state index contributed by atoms with van der Waals surface area (Å²) >= 11 is 0. The highest BCUT2D eigenvalue weighted by atomic mass is 16.5. The van der Waals surface area contributed by atoms with Gasteiger partial charge in [-0.3, -0.25) is 4.98 Å². The number of benzene rings is 1. The number of hydrogen-bond donors (Lipinski definition) is 1. The van der Waals surface area contributed by atoms with Crippen molar-refractivity contribution < 1.29 is 4.74 Å². The second kappa shape index (κ2) is 7.10. The number of fused-ring (bicyclic) bond motifs is 1. The zero-order chi connectivity index (χ0) is 14.4. The number of nitrogens with zero attached hydrogens (tertiary/aromatic N) is 2. The molecule has 0 atom stereocenters. The topological polar surface area (TPSA) is 37.4 Å². The first kappa shape index (κ1) is 14.6. The lowest BCUT2D eigenvalue weighted by molar-refractivity contribution is 0.340. The van der Waals surface area contributed by atoms with E-state index in [1.165, 1.54) is 0 Å². The van der Waals surface area contributed by atoms with Crippen molar-refractivity contribution in [3.63, 3.8) is 0 Å². The highest BCUT2D eigenvalue weighted by molar-refractivity contribution is 5.91. The molecule has 0 fully saturated rings. The van der Waals surface area contributed by atoms with Gasteiger partial charge in [0.05, 0.1) is 12.1 Å². The lowest BCUT2D eigenvalue weighted by Gasteiger charge is -2.12. The van der Waals surface area contributed by atoms with Gasteiger partial charge in [0.15, 0.2) is 0 Å². The molecule has 0 aliphatic carbocycles. The lowest BCUT2D eigenvalue weighted by Crippen LogP contribution is -2.16. The molecule has 108 valence electrons. The van der Waals surface area contributed by atoms with Crippen molar-refractivity contribution in [2.24, 2.45) is 0 Å². The molecule has 0 unspecified atom stereocenters. The molecule has 0 spiro atoms. The van der Waals surface area contributed by atoms with Crippen molar-refractivity contribution in [1.29, 1.82) is 0 Å². The highest BCUT2D eigenvalue weighted by Crippen LogP contribution is 2.25. The predicted octanol–water partition coefficient (Wildman–Crippen LogP) is 3.00. The minimum Gasteiger partial charge on any atom is -0.494 e. The Morgan fingerprint density at radius 3 is 2.85 bits per heavy atom. The van der Waals surface area contributed by atoms with Crippen LogP contribution in [0.4, 0.5) is 5.69 Å². The Hall–Kier alpha value is -1.81. The van der Waals surface area contributed by atoms with Gasteiger partial charge >= 0.3 is 0 Å². The van der Waals surface area contributed by atoms with Gasteiger partial charge in [-0.15, -0.1) is 0 Å². The Kier molecular flexibility index (Phi) is 5.18.